The molecule has 860 valence electrons. The molecule has 0 spiro atoms. The summed E-state index contributed by atoms with van der Waals surface area (Å²) in [4.78, 5) is 108. The van der Waals surface area contributed by atoms with Gasteiger partial charge < -0.3 is 226 Å². The Labute approximate surface area is 857 Å². The largest absolute Gasteiger partial charge is 0.477 e. The van der Waals surface area contributed by atoms with Gasteiger partial charge in [0.15, 0.2) is 25.2 Å². The molecule has 31 N–H and O–H groups in total. The van der Waals surface area contributed by atoms with E-state index in [1.54, 1.807) is 0 Å². The Bertz CT molecular complexity index is 3920. The van der Waals surface area contributed by atoms with Crippen molar-refractivity contribution in [1.29, 1.82) is 0 Å². The van der Waals surface area contributed by atoms with E-state index in [1.807, 2.05) is 0 Å². The topological polar surface area (TPSA) is 852 Å². The van der Waals surface area contributed by atoms with Gasteiger partial charge in [-0.15, -0.1) is 0 Å². The van der Waals surface area contributed by atoms with Crippen molar-refractivity contribution in [3.05, 3.63) is 0 Å². The van der Waals surface area contributed by atoms with E-state index in [1.165, 1.54) is 70.6 Å². The van der Waals surface area contributed by atoms with Crippen molar-refractivity contribution in [2.75, 3.05) is 52.9 Å². The first-order valence-corrected chi connectivity index (χ1v) is 51.6. The maximum Gasteiger partial charge on any atom is 0.364 e. The third-order valence-electron chi connectivity index (χ3n) is 28.0. The molecule has 0 unspecified atom stereocenters. The van der Waals surface area contributed by atoms with E-state index in [-0.39, 0.29) is 12.8 Å². The summed E-state index contributed by atoms with van der Waals surface area (Å²) in [7, 11) is 0. The average Bonchev–Trinajstić information content (AvgIpc) is 0.738. The maximum atomic E-state index is 14.3. The summed E-state index contributed by atoms with van der Waals surface area (Å²) in [6.45, 7) is -0.113. The fraction of sp³-hybridized carbons (Fsp3) is 0.916. The number of carboxylic acid groups (broad SMARTS) is 3. The van der Waals surface area contributed by atoms with Crippen LogP contribution >= 0.6 is 0 Å². The van der Waals surface area contributed by atoms with Crippen molar-refractivity contribution >= 4 is 47.4 Å². The van der Waals surface area contributed by atoms with Crippen molar-refractivity contribution in [2.24, 2.45) is 5.92 Å². The van der Waals surface area contributed by atoms with E-state index in [0.29, 0.717) is 18.8 Å². The van der Waals surface area contributed by atoms with E-state index in [4.69, 9.17) is 66.3 Å². The van der Waals surface area contributed by atoms with Gasteiger partial charge in [0, 0.05) is 53.4 Å². The molecule has 0 bridgehead atoms. The van der Waals surface area contributed by atoms with Crippen LogP contribution in [0.4, 0.5) is 0 Å². The summed E-state index contributed by atoms with van der Waals surface area (Å²) >= 11 is 0. The van der Waals surface area contributed by atoms with Gasteiger partial charge in [-0.25, -0.2) is 14.4 Å². The molecule has 53 heteroatoms. The minimum atomic E-state index is -3.68. The number of amides is 5. The van der Waals surface area contributed by atoms with Crippen LogP contribution in [-0.4, -0.2) is 483 Å². The van der Waals surface area contributed by atoms with Crippen LogP contribution in [0.5, 0.6) is 0 Å². The first kappa shape index (κ1) is 129. The zero-order valence-electron chi connectivity index (χ0n) is 85.0. The normalized spacial score (nSPS) is 35.5. The van der Waals surface area contributed by atoms with Crippen molar-refractivity contribution < 1.29 is 237 Å². The van der Waals surface area contributed by atoms with Crippen LogP contribution in [-0.2, 0) is 105 Å². The molecule has 7 aliphatic rings. The second kappa shape index (κ2) is 62.9. The number of rotatable bonds is 66. The Kier molecular flexibility index (Phi) is 54.9. The van der Waals surface area contributed by atoms with Crippen LogP contribution in [0.1, 0.15) is 241 Å². The summed E-state index contributed by atoms with van der Waals surface area (Å²) in [5.74, 6) is -22.0. The van der Waals surface area contributed by atoms with Gasteiger partial charge in [0.1, 0.15) is 159 Å². The van der Waals surface area contributed by atoms with Crippen LogP contribution in [0.25, 0.3) is 0 Å². The molecule has 0 saturated carbocycles. The molecule has 0 aromatic carbocycles. The van der Waals surface area contributed by atoms with Crippen molar-refractivity contribution in [3.63, 3.8) is 0 Å². The lowest BCUT2D eigenvalue weighted by atomic mass is 9.87. The minimum absolute atomic E-state index is 0.0436. The first-order valence-electron chi connectivity index (χ1n) is 51.6. The Morgan fingerprint density at radius 3 is 1.11 bits per heavy atom. The van der Waals surface area contributed by atoms with Crippen LogP contribution in [0.2, 0.25) is 0 Å². The highest BCUT2D eigenvalue weighted by atomic mass is 16.8. The van der Waals surface area contributed by atoms with E-state index >= 15 is 0 Å². The Balaban J connectivity index is 1.15. The lowest BCUT2D eigenvalue weighted by Gasteiger charge is -2.53. The van der Waals surface area contributed by atoms with Crippen LogP contribution in [0.3, 0.4) is 0 Å². The monoisotopic (exact) mass is 2150 g/mol. The zero-order chi connectivity index (χ0) is 110. The minimum Gasteiger partial charge on any atom is -0.477 e. The number of nitrogens with one attached hydrogen (secondary N) is 5. The molecular weight excluding hydrogens is 1980 g/mol. The quantitative estimate of drug-likeness (QED) is 0.0252. The molecule has 148 heavy (non-hydrogen) atoms. The lowest BCUT2D eigenvalue weighted by molar-refractivity contribution is -0.404. The molecule has 0 aromatic rings. The van der Waals surface area contributed by atoms with E-state index in [2.05, 4.69) is 47.4 Å². The maximum absolute atomic E-state index is 14.3. The third-order valence-corrected chi connectivity index (χ3v) is 28.0. The number of aliphatic hydroxyl groups is 23. The number of unbranched alkanes of at least 4 members (excludes halogenated alkanes) is 22. The van der Waals surface area contributed by atoms with Gasteiger partial charge in [-0.3, -0.25) is 24.0 Å². The molecule has 7 aliphatic heterocycles. The predicted octanol–water partition coefficient (Wildman–Crippen LogP) is -7.64. The Hall–Kier alpha value is -5.72. The van der Waals surface area contributed by atoms with Gasteiger partial charge in [0.05, 0.1) is 101 Å². The van der Waals surface area contributed by atoms with Crippen molar-refractivity contribution in [3.8, 4) is 0 Å². The van der Waals surface area contributed by atoms with Crippen molar-refractivity contribution in [1.82, 2.24) is 26.6 Å². The molecule has 0 aliphatic carbocycles. The molecule has 0 radical (unpaired) electrons. The summed E-state index contributed by atoms with van der Waals surface area (Å²) < 4.78 is 83.6. The van der Waals surface area contributed by atoms with E-state index in [9.17, 15) is 171 Å². The highest BCUT2D eigenvalue weighted by molar-refractivity contribution is 5.79. The Morgan fingerprint density at radius 1 is 0.358 bits per heavy atom. The molecule has 0 aromatic heterocycles. The summed E-state index contributed by atoms with van der Waals surface area (Å²) in [5, 5.41) is 309. The van der Waals surface area contributed by atoms with Gasteiger partial charge in [-0.1, -0.05) is 175 Å². The number of hydrogen-bond donors (Lipinski definition) is 31. The zero-order valence-corrected chi connectivity index (χ0v) is 85.0. The van der Waals surface area contributed by atoms with Crippen LogP contribution < -0.4 is 26.6 Å². The molecule has 7 rings (SSSR count). The average molecular weight is 2150 g/mol. The highest BCUT2D eigenvalue weighted by Crippen LogP contribution is 2.46. The van der Waals surface area contributed by atoms with E-state index in [0.717, 1.165) is 105 Å². The summed E-state index contributed by atoms with van der Waals surface area (Å²) in [6, 6.07) is -9.64. The summed E-state index contributed by atoms with van der Waals surface area (Å²) in [5.41, 5.74) is 0. The number of carbonyl (C=O) groups excluding carboxylic acids is 5. The first-order chi connectivity index (χ1) is 70.1. The van der Waals surface area contributed by atoms with Gasteiger partial charge in [0.25, 0.3) is 17.4 Å². The number of carbonyl (C=O) groups is 8. The molecule has 7 heterocycles. The third kappa shape index (κ3) is 35.9. The molecule has 5 amide bonds. The molecule has 41 atom stereocenters. The molecular formula is C95H167N5O48. The second-order valence-corrected chi connectivity index (χ2v) is 40.2. The smallest absolute Gasteiger partial charge is 0.364 e. The fourth-order valence-electron chi connectivity index (χ4n) is 19.8. The van der Waals surface area contributed by atoms with Gasteiger partial charge in [-0.2, -0.15) is 0 Å². The number of carboxylic acids is 3. The Morgan fingerprint density at radius 2 is 0.709 bits per heavy atom. The number of hydrogen-bond acceptors (Lipinski definition) is 45. The SMILES string of the molecule is CCCCCCCCCCCCCCCCCC(=O)N[C@@H](CO[C@@H]1O[C@H](CO)[C@@H](O[C@@H]2O[C@H](CO)[C@H](O)[C@H](O[C@@H]3O[C@H](CO)[C@H](O)[C@H](O[C@]4(C(=O)O)C[C@H](O)[C@@H](NC(C)=O)[C@H]([C@H](O)[C@@H](CO)O[C@@H]5O[C@H](CO)[C@H](O[C@]6(C(=O)O)C[C@H](O)[C@@H](NC(C)=O)[C@H]([C@H](O)[C@H](O)CO)O6)[C@H](O[C@]6(C(=O)O)C[C@H](O)[C@@H](NC(C)=O)[C@H]([C@H](O)[C@H](O)CO)O6)[C@H]5O)O4)[C@H]3NC(C)=O)[C@H]2O)[C@H](O)[C@H]1O)[C@H](O)[C@H](O)CCCCCCCCCCCC(C)C. The lowest BCUT2D eigenvalue weighted by Crippen LogP contribution is -2.73. The molecule has 7 fully saturated rings. The van der Waals surface area contributed by atoms with Gasteiger partial charge >= 0.3 is 17.9 Å². The number of aliphatic carboxylic acids is 3. The van der Waals surface area contributed by atoms with Crippen molar-refractivity contribution in [2.45, 2.75) is 491 Å². The number of ether oxygens (including phenoxy) is 14. The summed E-state index contributed by atoms with van der Waals surface area (Å²) in [6.07, 6.45) is -55.0. The molecule has 7 saturated heterocycles. The second-order valence-electron chi connectivity index (χ2n) is 40.2. The van der Waals surface area contributed by atoms with Gasteiger partial charge in [-0.05, 0) is 18.8 Å². The van der Waals surface area contributed by atoms with Crippen LogP contribution in [0, 0.1) is 5.92 Å². The van der Waals surface area contributed by atoms with E-state index < -0.39 is 369 Å². The standard InChI is InChI=1S/C95H167N5O48/c1-8-9-10-11-12-13-14-15-16-17-18-22-25-28-31-34-63(118)100-51(68(119)52(112)33-30-27-24-21-19-20-23-26-29-32-46(2)3)45-135-87-75(126)74(125)78(61(43-106)139-87)141-89-76(127)84(73(124)60(42-105)138-89)142-86-67(99-50(7)111)83(72(123)58(40-103)136-86)147-94(91(131)132)36-55(115)66(98-49(6)110)82(146-94)71(122)59(41-104)137-88-77(128)85(148-95(92(133)134)37-54(114)65(97-48(5)109)81(145-95)70(121)57(117)39-102)79(62(44-107)140-88)143-93(90(129)130)35-53(113)64(96-47(4)108)80(144-93)69(120)56(116)38-101/h46,51-62,64-89,101-107,112-117,119-128H,8-45H2,1-7H3,(H,96,108)(H,97,109)(H,98,110)(H,99,111)(H,100,118)(H,129,130)(H,131,132)(H,133,134)/t51-,52+,53-,54-,55-,56+,57+,58+,59+,60+,61+,62+,64+,65+,66+,67+,68-,69+,70+,71+,72-,73-,74+,75+,76+,77+,78+,79-,80+,81+,82+,83+,84-,85+,86-,87+,88+,89-,93+,94-,95-/m0/s1. The molecule has 53 nitrogen and oxygen atoms in total. The van der Waals surface area contributed by atoms with Crippen LogP contribution in [0.15, 0.2) is 0 Å². The van der Waals surface area contributed by atoms with Gasteiger partial charge in [0.2, 0.25) is 29.5 Å². The highest BCUT2D eigenvalue weighted by Gasteiger charge is 2.67. The predicted molar refractivity (Wildman–Crippen MR) is 503 cm³/mol. The number of aliphatic hydroxyl groups excluding tert-OH is 23. The fourth-order valence-corrected chi connectivity index (χ4v) is 19.8.